The minimum absolute atomic E-state index is 0.0767. The molecule has 172 valence electrons. The quantitative estimate of drug-likeness (QED) is 0.513. The molecule has 0 saturated carbocycles. The van der Waals surface area contributed by atoms with Crippen molar-refractivity contribution in [2.24, 2.45) is 11.7 Å². The van der Waals surface area contributed by atoms with Gasteiger partial charge in [-0.1, -0.05) is 31.3 Å². The van der Waals surface area contributed by atoms with E-state index in [1.807, 2.05) is 44.4 Å². The molecule has 0 fully saturated rings. The lowest BCUT2D eigenvalue weighted by Crippen LogP contribution is -2.42. The maximum Gasteiger partial charge on any atom is 0.414 e. The van der Waals surface area contributed by atoms with Crippen LogP contribution in [0, 0.1) is 5.92 Å². The Morgan fingerprint density at radius 3 is 2.65 bits per heavy atom. The number of amides is 1. The first-order chi connectivity index (χ1) is 14.6. The Bertz CT molecular complexity index is 846. The lowest BCUT2D eigenvalue weighted by Gasteiger charge is -2.19. The van der Waals surface area contributed by atoms with Crippen molar-refractivity contribution in [2.75, 3.05) is 20.3 Å². The van der Waals surface area contributed by atoms with Gasteiger partial charge in [-0.15, -0.1) is 0 Å². The standard InChI is InChI=1S/C23H35N3O4S/c1-15(2)18(24)12-16-8-9-17(20(13-16)29-11-7-10-28-6)19-14-31-22(25-19)30-21(27)26-23(3,4)5/h8-9,13-15,18H,7,10-12,24H2,1-6H3,(H,26,27). The molecule has 1 aromatic heterocycles. The number of ether oxygens (including phenoxy) is 3. The molecule has 0 spiro atoms. The highest BCUT2D eigenvalue weighted by molar-refractivity contribution is 7.11. The summed E-state index contributed by atoms with van der Waals surface area (Å²) < 4.78 is 16.5. The van der Waals surface area contributed by atoms with Crippen LogP contribution >= 0.6 is 11.3 Å². The Kier molecular flexibility index (Phi) is 9.28. The summed E-state index contributed by atoms with van der Waals surface area (Å²) in [6.45, 7) is 11.1. The van der Waals surface area contributed by atoms with Crippen molar-refractivity contribution in [1.82, 2.24) is 10.3 Å². The summed E-state index contributed by atoms with van der Waals surface area (Å²) in [6, 6.07) is 6.14. The van der Waals surface area contributed by atoms with Gasteiger partial charge in [0.15, 0.2) is 0 Å². The van der Waals surface area contributed by atoms with Crippen molar-refractivity contribution in [3.05, 3.63) is 29.1 Å². The normalized spacial score (nSPS) is 12.6. The molecule has 1 unspecified atom stereocenters. The number of aromatic nitrogens is 1. The number of nitrogens with two attached hydrogens (primary N) is 1. The maximum atomic E-state index is 12.0. The molecule has 1 aromatic carbocycles. The number of carbonyl (C=O) groups excluding carboxylic acids is 1. The Hall–Kier alpha value is -2.16. The van der Waals surface area contributed by atoms with E-state index < -0.39 is 6.09 Å². The predicted molar refractivity (Wildman–Crippen MR) is 125 cm³/mol. The third-order valence-corrected chi connectivity index (χ3v) is 5.26. The summed E-state index contributed by atoms with van der Waals surface area (Å²) >= 11 is 1.27. The summed E-state index contributed by atoms with van der Waals surface area (Å²) in [5, 5.41) is 4.90. The predicted octanol–water partition coefficient (Wildman–Crippen LogP) is 4.64. The Morgan fingerprint density at radius 2 is 2.00 bits per heavy atom. The van der Waals surface area contributed by atoms with Crippen LogP contribution in [0.2, 0.25) is 0 Å². The largest absolute Gasteiger partial charge is 0.493 e. The minimum atomic E-state index is -0.525. The SMILES string of the molecule is COCCCOc1cc(CC(N)C(C)C)ccc1-c1csc(OC(=O)NC(C)(C)C)n1. The molecular weight excluding hydrogens is 414 g/mol. The molecule has 3 N–H and O–H groups in total. The second kappa shape index (κ2) is 11.5. The van der Waals surface area contributed by atoms with Gasteiger partial charge in [-0.3, -0.25) is 0 Å². The third kappa shape index (κ3) is 8.47. The Balaban J connectivity index is 2.21. The van der Waals surface area contributed by atoms with Crippen LogP contribution in [0.3, 0.4) is 0 Å². The van der Waals surface area contributed by atoms with E-state index in [0.29, 0.717) is 24.8 Å². The molecule has 8 heteroatoms. The van der Waals surface area contributed by atoms with Crippen molar-refractivity contribution in [3.8, 4) is 22.2 Å². The fraction of sp³-hybridized carbons (Fsp3) is 0.565. The molecule has 0 aliphatic heterocycles. The first-order valence-electron chi connectivity index (χ1n) is 10.5. The Morgan fingerprint density at radius 1 is 1.26 bits per heavy atom. The van der Waals surface area contributed by atoms with E-state index in [0.717, 1.165) is 29.7 Å². The molecule has 0 radical (unpaired) electrons. The lowest BCUT2D eigenvalue weighted by atomic mass is 9.96. The number of hydrogen-bond acceptors (Lipinski definition) is 7. The number of hydrogen-bond donors (Lipinski definition) is 2. The van der Waals surface area contributed by atoms with E-state index in [9.17, 15) is 4.79 Å². The van der Waals surface area contributed by atoms with Gasteiger partial charge in [0.1, 0.15) is 5.75 Å². The molecule has 1 heterocycles. The fourth-order valence-corrected chi connectivity index (χ4v) is 3.42. The highest BCUT2D eigenvalue weighted by Crippen LogP contribution is 2.34. The zero-order valence-corrected chi connectivity index (χ0v) is 20.2. The van der Waals surface area contributed by atoms with E-state index in [1.165, 1.54) is 11.3 Å². The average Bonchev–Trinajstić information content (AvgIpc) is 3.11. The van der Waals surface area contributed by atoms with E-state index >= 15 is 0 Å². The molecule has 0 saturated heterocycles. The highest BCUT2D eigenvalue weighted by Gasteiger charge is 2.18. The van der Waals surface area contributed by atoms with Gasteiger partial charge < -0.3 is 25.3 Å². The first kappa shape index (κ1) is 25.1. The number of benzene rings is 1. The van der Waals surface area contributed by atoms with Crippen LogP contribution in [-0.2, 0) is 11.2 Å². The summed E-state index contributed by atoms with van der Waals surface area (Å²) in [5.41, 5.74) is 8.54. The molecule has 0 aliphatic carbocycles. The number of nitrogens with zero attached hydrogens (tertiary/aromatic N) is 1. The lowest BCUT2D eigenvalue weighted by molar-refractivity contribution is 0.172. The molecule has 2 rings (SSSR count). The van der Waals surface area contributed by atoms with Gasteiger partial charge in [0, 0.05) is 42.7 Å². The van der Waals surface area contributed by atoms with Crippen molar-refractivity contribution >= 4 is 17.4 Å². The first-order valence-corrected chi connectivity index (χ1v) is 11.4. The molecule has 0 aliphatic rings. The van der Waals surface area contributed by atoms with Gasteiger partial charge in [-0.2, -0.15) is 0 Å². The zero-order chi connectivity index (χ0) is 23.0. The van der Waals surface area contributed by atoms with Crippen molar-refractivity contribution < 1.29 is 19.0 Å². The monoisotopic (exact) mass is 449 g/mol. The molecular formula is C23H35N3O4S. The molecule has 1 atom stereocenters. The van der Waals surface area contributed by atoms with E-state index in [2.05, 4.69) is 24.1 Å². The summed E-state index contributed by atoms with van der Waals surface area (Å²) in [7, 11) is 1.67. The van der Waals surface area contributed by atoms with Crippen LogP contribution in [0.5, 0.6) is 10.9 Å². The second-order valence-corrected chi connectivity index (χ2v) is 9.72. The van der Waals surface area contributed by atoms with Crippen molar-refractivity contribution in [3.63, 3.8) is 0 Å². The number of carbonyl (C=O) groups is 1. The van der Waals surface area contributed by atoms with Crippen LogP contribution in [0.15, 0.2) is 23.6 Å². The van der Waals surface area contributed by atoms with Gasteiger partial charge in [-0.25, -0.2) is 9.78 Å². The van der Waals surface area contributed by atoms with Crippen LogP contribution in [0.4, 0.5) is 4.79 Å². The van der Waals surface area contributed by atoms with Crippen LogP contribution < -0.4 is 20.5 Å². The van der Waals surface area contributed by atoms with Crippen LogP contribution in [-0.4, -0.2) is 43.0 Å². The second-order valence-electron chi connectivity index (χ2n) is 8.90. The molecule has 31 heavy (non-hydrogen) atoms. The number of rotatable bonds is 10. The van der Waals surface area contributed by atoms with Gasteiger partial charge in [-0.05, 0) is 50.8 Å². The smallest absolute Gasteiger partial charge is 0.414 e. The van der Waals surface area contributed by atoms with Gasteiger partial charge in [0.2, 0.25) is 0 Å². The summed E-state index contributed by atoms with van der Waals surface area (Å²) in [4.78, 5) is 16.5. The Labute approximate surface area is 189 Å². The zero-order valence-electron chi connectivity index (χ0n) is 19.4. The average molecular weight is 450 g/mol. The van der Waals surface area contributed by atoms with Crippen LogP contribution in [0.1, 0.15) is 46.6 Å². The minimum Gasteiger partial charge on any atom is -0.493 e. The molecule has 0 bridgehead atoms. The van der Waals surface area contributed by atoms with Crippen molar-refractivity contribution in [1.29, 1.82) is 0 Å². The number of methoxy groups -OCH3 is 1. The van der Waals surface area contributed by atoms with Gasteiger partial charge in [0.25, 0.3) is 5.19 Å². The highest BCUT2D eigenvalue weighted by atomic mass is 32.1. The molecule has 7 nitrogen and oxygen atoms in total. The molecule has 2 aromatic rings. The maximum absolute atomic E-state index is 12.0. The molecule has 1 amide bonds. The van der Waals surface area contributed by atoms with Crippen molar-refractivity contribution in [2.45, 2.75) is 59.0 Å². The van der Waals surface area contributed by atoms with E-state index in [-0.39, 0.29) is 16.8 Å². The fourth-order valence-electron chi connectivity index (χ4n) is 2.76. The topological polar surface area (TPSA) is 95.7 Å². The van der Waals surface area contributed by atoms with Gasteiger partial charge >= 0.3 is 6.09 Å². The number of thiazole rings is 1. The summed E-state index contributed by atoms with van der Waals surface area (Å²) in [6.07, 6.45) is 1.02. The number of nitrogens with one attached hydrogen (secondary N) is 1. The third-order valence-electron chi connectivity index (χ3n) is 4.54. The van der Waals surface area contributed by atoms with E-state index in [1.54, 1.807) is 7.11 Å². The van der Waals surface area contributed by atoms with Gasteiger partial charge in [0.05, 0.1) is 12.3 Å². The van der Waals surface area contributed by atoms with Crippen LogP contribution in [0.25, 0.3) is 11.3 Å². The van der Waals surface area contributed by atoms with E-state index in [4.69, 9.17) is 19.9 Å². The summed E-state index contributed by atoms with van der Waals surface area (Å²) in [5.74, 6) is 1.13.